The maximum atomic E-state index is 13.7. The Morgan fingerprint density at radius 1 is 0.941 bits per heavy atom. The summed E-state index contributed by atoms with van der Waals surface area (Å²) in [5.41, 5.74) is 4.10. The number of hydrogen-bond acceptors (Lipinski definition) is 7. The lowest BCUT2D eigenvalue weighted by atomic mass is 10.0. The van der Waals surface area contributed by atoms with Crippen molar-refractivity contribution in [2.75, 3.05) is 14.2 Å². The van der Waals surface area contributed by atoms with Crippen molar-refractivity contribution in [2.45, 2.75) is 11.8 Å². The van der Waals surface area contributed by atoms with Crippen LogP contribution in [0.2, 0.25) is 0 Å². The van der Waals surface area contributed by atoms with Crippen molar-refractivity contribution in [3.8, 4) is 33.9 Å². The molecule has 5 aromatic rings. The van der Waals surface area contributed by atoms with Crippen molar-refractivity contribution in [2.24, 2.45) is 0 Å². The summed E-state index contributed by atoms with van der Waals surface area (Å²) < 4.78 is 39.3. The fraction of sp³-hybridized carbons (Fsp3) is 0.120. The molecule has 0 atom stereocenters. The molecule has 2 aromatic carbocycles. The summed E-state index contributed by atoms with van der Waals surface area (Å²) >= 11 is 1.56. The third-order valence-electron chi connectivity index (χ3n) is 5.58. The number of aryl methyl sites for hydroxylation is 1. The molecular weight excluding hydrogens is 470 g/mol. The van der Waals surface area contributed by atoms with Crippen molar-refractivity contribution >= 4 is 32.4 Å². The van der Waals surface area contributed by atoms with Gasteiger partial charge in [-0.1, -0.05) is 17.7 Å². The van der Waals surface area contributed by atoms with Crippen molar-refractivity contribution in [3.05, 3.63) is 77.1 Å². The first kappa shape index (κ1) is 22.1. The molecule has 7 nitrogen and oxygen atoms in total. The second kappa shape index (κ2) is 8.58. The van der Waals surface area contributed by atoms with Crippen molar-refractivity contribution in [1.29, 1.82) is 0 Å². The Morgan fingerprint density at radius 3 is 2.41 bits per heavy atom. The predicted octanol–water partition coefficient (Wildman–Crippen LogP) is 5.39. The second-order valence-corrected chi connectivity index (χ2v) is 10.2. The van der Waals surface area contributed by atoms with Crippen LogP contribution in [0.25, 0.3) is 33.4 Å². The summed E-state index contributed by atoms with van der Waals surface area (Å²) in [5, 5.41) is 9.22. The molecule has 172 valence electrons. The van der Waals surface area contributed by atoms with Crippen LogP contribution in [0.15, 0.2) is 76.4 Å². The number of methoxy groups -OCH3 is 2. The smallest absolute Gasteiger partial charge is 0.284 e. The van der Waals surface area contributed by atoms with Crippen LogP contribution < -0.4 is 9.47 Å². The van der Waals surface area contributed by atoms with Gasteiger partial charge in [-0.3, -0.25) is 0 Å². The molecule has 5 rings (SSSR count). The molecule has 34 heavy (non-hydrogen) atoms. The molecule has 0 aliphatic carbocycles. The highest BCUT2D eigenvalue weighted by molar-refractivity contribution is 7.90. The molecule has 0 aliphatic rings. The van der Waals surface area contributed by atoms with Gasteiger partial charge < -0.3 is 9.47 Å². The van der Waals surface area contributed by atoms with Crippen LogP contribution >= 0.6 is 11.3 Å². The van der Waals surface area contributed by atoms with E-state index in [1.807, 2.05) is 35.9 Å². The van der Waals surface area contributed by atoms with Gasteiger partial charge in [0.1, 0.15) is 17.2 Å². The third kappa shape index (κ3) is 3.63. The van der Waals surface area contributed by atoms with E-state index < -0.39 is 10.0 Å². The van der Waals surface area contributed by atoms with Crippen LogP contribution in [0.4, 0.5) is 0 Å². The van der Waals surface area contributed by atoms with Crippen LogP contribution in [-0.4, -0.2) is 36.8 Å². The lowest BCUT2D eigenvalue weighted by Crippen LogP contribution is -2.15. The van der Waals surface area contributed by atoms with Crippen LogP contribution in [0.5, 0.6) is 11.5 Å². The highest BCUT2D eigenvalue weighted by Crippen LogP contribution is 2.41. The highest BCUT2D eigenvalue weighted by atomic mass is 32.2. The number of thiophene rings is 1. The van der Waals surface area contributed by atoms with Gasteiger partial charge in [-0.2, -0.15) is 24.9 Å². The molecule has 0 amide bonds. The van der Waals surface area contributed by atoms with Gasteiger partial charge in [-0.05, 0) is 65.2 Å². The lowest BCUT2D eigenvalue weighted by molar-refractivity contribution is 0.395. The number of ether oxygens (including phenoxy) is 2. The standard InChI is InChI=1S/C25H21N3O4S2/c1-16-4-7-19(8-5-16)34(29,30)28-25-23(20(10-12-26-25)17-11-13-33-15-17)24(27-28)21-9-6-18(31-2)14-22(21)32-3/h4-15H,1-3H3. The van der Waals surface area contributed by atoms with Gasteiger partial charge >= 0.3 is 0 Å². The van der Waals surface area contributed by atoms with Gasteiger partial charge in [0, 0.05) is 17.8 Å². The van der Waals surface area contributed by atoms with Gasteiger partial charge in [-0.15, -0.1) is 4.09 Å². The largest absolute Gasteiger partial charge is 0.497 e. The average molecular weight is 492 g/mol. The van der Waals surface area contributed by atoms with E-state index in [4.69, 9.17) is 9.47 Å². The number of benzene rings is 2. The first-order chi connectivity index (χ1) is 16.4. The maximum Gasteiger partial charge on any atom is 0.284 e. The minimum Gasteiger partial charge on any atom is -0.497 e. The fourth-order valence-corrected chi connectivity index (χ4v) is 5.73. The average Bonchev–Trinajstić information content (AvgIpc) is 3.52. The summed E-state index contributed by atoms with van der Waals surface area (Å²) in [6.07, 6.45) is 1.60. The number of pyridine rings is 1. The zero-order valence-electron chi connectivity index (χ0n) is 18.7. The monoisotopic (exact) mass is 491 g/mol. The van der Waals surface area contributed by atoms with E-state index in [1.165, 1.54) is 0 Å². The van der Waals surface area contributed by atoms with E-state index in [0.29, 0.717) is 28.1 Å². The molecule has 3 aromatic heterocycles. The third-order valence-corrected chi connectivity index (χ3v) is 7.84. The molecule has 0 spiro atoms. The van der Waals surface area contributed by atoms with Crippen LogP contribution in [0.3, 0.4) is 0 Å². The molecular formula is C25H21N3O4S2. The van der Waals surface area contributed by atoms with Gasteiger partial charge in [-0.25, -0.2) is 4.98 Å². The number of fused-ring (bicyclic) bond motifs is 1. The zero-order valence-corrected chi connectivity index (χ0v) is 20.4. The van der Waals surface area contributed by atoms with E-state index in [1.54, 1.807) is 68.2 Å². The second-order valence-electron chi connectivity index (χ2n) is 7.65. The Morgan fingerprint density at radius 2 is 1.74 bits per heavy atom. The Bertz CT molecular complexity index is 1590. The quantitative estimate of drug-likeness (QED) is 0.317. The van der Waals surface area contributed by atoms with E-state index in [0.717, 1.165) is 20.8 Å². The molecule has 0 N–H and O–H groups in total. The normalized spacial score (nSPS) is 11.6. The van der Waals surface area contributed by atoms with Crippen LogP contribution in [0.1, 0.15) is 5.56 Å². The lowest BCUT2D eigenvalue weighted by Gasteiger charge is -2.10. The molecule has 0 saturated heterocycles. The molecule has 0 unspecified atom stereocenters. The molecule has 0 aliphatic heterocycles. The van der Waals surface area contributed by atoms with E-state index in [2.05, 4.69) is 10.1 Å². The molecule has 0 saturated carbocycles. The van der Waals surface area contributed by atoms with E-state index in [9.17, 15) is 8.42 Å². The SMILES string of the molecule is COc1ccc(-c2nn(S(=O)(=O)c3ccc(C)cc3)c3nccc(-c4ccsc4)c23)c(OC)c1. The summed E-state index contributed by atoms with van der Waals surface area (Å²) in [7, 11) is -0.878. The summed E-state index contributed by atoms with van der Waals surface area (Å²) in [6, 6.07) is 15.9. The first-order valence-corrected chi connectivity index (χ1v) is 12.8. The van der Waals surface area contributed by atoms with E-state index >= 15 is 0 Å². The topological polar surface area (TPSA) is 83.3 Å². The Kier molecular flexibility index (Phi) is 5.59. The van der Waals surface area contributed by atoms with E-state index in [-0.39, 0.29) is 10.5 Å². The summed E-state index contributed by atoms with van der Waals surface area (Å²) in [5.74, 6) is 1.13. The summed E-state index contributed by atoms with van der Waals surface area (Å²) in [4.78, 5) is 4.59. The minimum atomic E-state index is -4.01. The summed E-state index contributed by atoms with van der Waals surface area (Å²) in [6.45, 7) is 1.91. The number of aromatic nitrogens is 3. The van der Waals surface area contributed by atoms with Crippen LogP contribution in [-0.2, 0) is 10.0 Å². The Hall–Kier alpha value is -3.69. The zero-order chi connectivity index (χ0) is 23.9. The molecule has 0 fully saturated rings. The first-order valence-electron chi connectivity index (χ1n) is 10.4. The van der Waals surface area contributed by atoms with Crippen molar-refractivity contribution < 1.29 is 17.9 Å². The molecule has 0 bridgehead atoms. The van der Waals surface area contributed by atoms with Crippen molar-refractivity contribution in [3.63, 3.8) is 0 Å². The number of rotatable bonds is 6. The molecule has 9 heteroatoms. The number of hydrogen-bond donors (Lipinski definition) is 0. The number of nitrogens with zero attached hydrogens (tertiary/aromatic N) is 3. The van der Waals surface area contributed by atoms with Gasteiger partial charge in [0.25, 0.3) is 10.0 Å². The van der Waals surface area contributed by atoms with Gasteiger partial charge in [0.2, 0.25) is 0 Å². The van der Waals surface area contributed by atoms with Gasteiger partial charge in [0.05, 0.1) is 24.5 Å². The minimum absolute atomic E-state index is 0.137. The molecule has 0 radical (unpaired) electrons. The van der Waals surface area contributed by atoms with Crippen LogP contribution in [0, 0.1) is 6.92 Å². The fourth-order valence-electron chi connectivity index (χ4n) is 3.84. The Labute approximate surface area is 201 Å². The van der Waals surface area contributed by atoms with Crippen molar-refractivity contribution in [1.82, 2.24) is 14.2 Å². The molecule has 3 heterocycles. The highest BCUT2D eigenvalue weighted by Gasteiger charge is 2.27. The van der Waals surface area contributed by atoms with Gasteiger partial charge in [0.15, 0.2) is 5.65 Å². The maximum absolute atomic E-state index is 13.7. The predicted molar refractivity (Wildman–Crippen MR) is 133 cm³/mol. The Balaban J connectivity index is 1.85.